The number of nitrogens with two attached hydrogens (primary N) is 1. The summed E-state index contributed by atoms with van der Waals surface area (Å²) in [6.45, 7) is 8.54. The topological polar surface area (TPSA) is 68.0 Å². The lowest BCUT2D eigenvalue weighted by atomic mass is 10.0. The van der Waals surface area contributed by atoms with Gasteiger partial charge in [-0.1, -0.05) is 39.3 Å². The number of nitrogen functional groups attached to an aromatic ring is 1. The van der Waals surface area contributed by atoms with Crippen molar-refractivity contribution >= 4 is 23.2 Å². The maximum absolute atomic E-state index is 12.2. The van der Waals surface area contributed by atoms with Gasteiger partial charge in [-0.25, -0.2) is 4.98 Å². The van der Waals surface area contributed by atoms with Gasteiger partial charge in [-0.05, 0) is 16.9 Å². The zero-order chi connectivity index (χ0) is 13.7. The fraction of sp³-hybridized carbons (Fsp3) is 0.538. The Bertz CT molecular complexity index is 497. The van der Waals surface area contributed by atoms with E-state index in [1.165, 1.54) is 6.20 Å². The molecule has 1 saturated carbocycles. The first-order chi connectivity index (χ1) is 8.18. The summed E-state index contributed by atoms with van der Waals surface area (Å²) in [4.78, 5) is 16.0. The molecule has 1 heterocycles. The van der Waals surface area contributed by atoms with Crippen molar-refractivity contribution in [3.63, 3.8) is 0 Å². The first kappa shape index (κ1) is 13.1. The number of carbonyl (C=O) groups is 1. The van der Waals surface area contributed by atoms with Gasteiger partial charge < -0.3 is 11.1 Å². The second-order valence-electron chi connectivity index (χ2n) is 5.96. The van der Waals surface area contributed by atoms with Gasteiger partial charge in [0.1, 0.15) is 5.15 Å². The first-order valence-electron chi connectivity index (χ1n) is 5.90. The fourth-order valence-corrected chi connectivity index (χ4v) is 2.58. The number of halogens is 1. The van der Waals surface area contributed by atoms with Gasteiger partial charge in [0.05, 0.1) is 17.4 Å². The monoisotopic (exact) mass is 267 g/mol. The molecule has 0 aromatic carbocycles. The summed E-state index contributed by atoms with van der Waals surface area (Å²) in [5, 5.41) is 3.18. The van der Waals surface area contributed by atoms with E-state index in [-0.39, 0.29) is 27.9 Å². The molecule has 1 fully saturated rings. The maximum Gasteiger partial charge on any atom is 0.254 e. The van der Waals surface area contributed by atoms with Crippen LogP contribution >= 0.6 is 11.6 Å². The molecule has 0 spiro atoms. The lowest BCUT2D eigenvalue weighted by molar-refractivity contribution is 0.0943. The molecule has 98 valence electrons. The van der Waals surface area contributed by atoms with Crippen LogP contribution in [0, 0.1) is 10.8 Å². The number of carbonyl (C=O) groups excluding carboxylic acids is 1. The van der Waals surface area contributed by atoms with Gasteiger partial charge in [0.25, 0.3) is 5.91 Å². The van der Waals surface area contributed by atoms with Gasteiger partial charge in [0.2, 0.25) is 0 Å². The Morgan fingerprint density at radius 1 is 1.39 bits per heavy atom. The van der Waals surface area contributed by atoms with Crippen LogP contribution in [0.2, 0.25) is 5.15 Å². The number of rotatable bonds is 2. The number of hydrogen-bond donors (Lipinski definition) is 2. The van der Waals surface area contributed by atoms with E-state index < -0.39 is 0 Å². The SMILES string of the molecule is CC1(C)C(NC(=O)c2cc(N)cnc2Cl)C1(C)C. The molecule has 1 aromatic rings. The van der Waals surface area contributed by atoms with Crippen LogP contribution in [0.3, 0.4) is 0 Å². The fourth-order valence-electron chi connectivity index (χ4n) is 2.39. The third kappa shape index (κ3) is 1.85. The summed E-state index contributed by atoms with van der Waals surface area (Å²) in [5.41, 5.74) is 6.55. The molecule has 0 radical (unpaired) electrons. The average Bonchev–Trinajstić information content (AvgIpc) is 2.64. The van der Waals surface area contributed by atoms with Crippen LogP contribution in [0.15, 0.2) is 12.3 Å². The summed E-state index contributed by atoms with van der Waals surface area (Å²) in [6, 6.07) is 1.68. The number of pyridine rings is 1. The predicted molar refractivity (Wildman–Crippen MR) is 72.5 cm³/mol. The molecule has 1 aromatic heterocycles. The van der Waals surface area contributed by atoms with Gasteiger partial charge in [0, 0.05) is 6.04 Å². The van der Waals surface area contributed by atoms with E-state index in [0.29, 0.717) is 11.3 Å². The van der Waals surface area contributed by atoms with Crippen molar-refractivity contribution in [3.8, 4) is 0 Å². The molecule has 1 amide bonds. The third-order valence-corrected chi connectivity index (χ3v) is 4.70. The molecule has 0 aliphatic heterocycles. The molecule has 18 heavy (non-hydrogen) atoms. The van der Waals surface area contributed by atoms with Gasteiger partial charge in [-0.15, -0.1) is 0 Å². The van der Waals surface area contributed by atoms with Crippen LogP contribution in [0.4, 0.5) is 5.69 Å². The lowest BCUT2D eigenvalue weighted by Crippen LogP contribution is -2.30. The predicted octanol–water partition coefficient (Wildman–Crippen LogP) is 2.48. The number of nitrogens with zero attached hydrogens (tertiary/aromatic N) is 1. The molecule has 2 rings (SSSR count). The van der Waals surface area contributed by atoms with Crippen molar-refractivity contribution in [2.24, 2.45) is 10.8 Å². The Morgan fingerprint density at radius 3 is 2.44 bits per heavy atom. The van der Waals surface area contributed by atoms with Crippen LogP contribution in [-0.4, -0.2) is 16.9 Å². The van der Waals surface area contributed by atoms with Crippen molar-refractivity contribution in [2.45, 2.75) is 33.7 Å². The molecule has 0 atom stereocenters. The molecule has 0 unspecified atom stereocenters. The highest BCUT2D eigenvalue weighted by Gasteiger charge is 2.65. The van der Waals surface area contributed by atoms with Crippen molar-refractivity contribution in [1.82, 2.24) is 10.3 Å². The van der Waals surface area contributed by atoms with Crippen molar-refractivity contribution in [3.05, 3.63) is 23.0 Å². The highest BCUT2D eigenvalue weighted by atomic mass is 35.5. The molecule has 4 nitrogen and oxygen atoms in total. The van der Waals surface area contributed by atoms with Gasteiger partial charge in [0.15, 0.2) is 0 Å². The zero-order valence-corrected chi connectivity index (χ0v) is 11.8. The van der Waals surface area contributed by atoms with E-state index in [2.05, 4.69) is 38.0 Å². The molecule has 3 N–H and O–H groups in total. The standard InChI is InChI=1S/C13H18ClN3O/c1-12(2)11(13(12,3)4)17-10(18)8-5-7(15)6-16-9(8)14/h5-6,11H,15H2,1-4H3,(H,17,18). The number of aromatic nitrogens is 1. The van der Waals surface area contributed by atoms with Crippen molar-refractivity contribution in [1.29, 1.82) is 0 Å². The summed E-state index contributed by atoms with van der Waals surface area (Å²) >= 11 is 5.91. The second kappa shape index (κ2) is 3.85. The minimum absolute atomic E-state index is 0.0862. The third-order valence-electron chi connectivity index (χ3n) is 4.40. The Labute approximate surface area is 112 Å². The number of hydrogen-bond acceptors (Lipinski definition) is 3. The molecular weight excluding hydrogens is 250 g/mol. The molecule has 1 aliphatic rings. The quantitative estimate of drug-likeness (QED) is 0.809. The lowest BCUT2D eigenvalue weighted by Gasteiger charge is -2.08. The molecule has 1 aliphatic carbocycles. The number of nitrogens with one attached hydrogen (secondary N) is 1. The Kier molecular flexibility index (Phi) is 2.81. The van der Waals surface area contributed by atoms with Crippen molar-refractivity contribution < 1.29 is 4.79 Å². The first-order valence-corrected chi connectivity index (χ1v) is 6.27. The van der Waals surface area contributed by atoms with Crippen LogP contribution in [0.25, 0.3) is 0 Å². The molecule has 0 bridgehead atoms. The van der Waals surface area contributed by atoms with Gasteiger partial charge >= 0.3 is 0 Å². The average molecular weight is 268 g/mol. The number of anilines is 1. The van der Waals surface area contributed by atoms with Crippen LogP contribution in [0.5, 0.6) is 0 Å². The Balaban J connectivity index is 2.17. The van der Waals surface area contributed by atoms with E-state index in [0.717, 1.165) is 0 Å². The maximum atomic E-state index is 12.2. The highest BCUT2D eigenvalue weighted by Crippen LogP contribution is 2.62. The van der Waals surface area contributed by atoms with Crippen molar-refractivity contribution in [2.75, 3.05) is 5.73 Å². The summed E-state index contributed by atoms with van der Waals surface area (Å²) in [5.74, 6) is -0.219. The number of amides is 1. The zero-order valence-electron chi connectivity index (χ0n) is 11.0. The minimum atomic E-state index is -0.219. The van der Waals surface area contributed by atoms with Gasteiger partial charge in [-0.3, -0.25) is 4.79 Å². The van der Waals surface area contributed by atoms with Crippen LogP contribution < -0.4 is 11.1 Å². The summed E-state index contributed by atoms with van der Waals surface area (Å²) in [7, 11) is 0. The molecule has 5 heteroatoms. The Hall–Kier alpha value is -1.29. The van der Waals surface area contributed by atoms with E-state index in [9.17, 15) is 4.79 Å². The largest absolute Gasteiger partial charge is 0.397 e. The van der Waals surface area contributed by atoms with E-state index >= 15 is 0 Å². The smallest absolute Gasteiger partial charge is 0.254 e. The summed E-state index contributed by atoms with van der Waals surface area (Å²) < 4.78 is 0. The van der Waals surface area contributed by atoms with E-state index in [1.807, 2.05) is 0 Å². The molecule has 0 saturated heterocycles. The summed E-state index contributed by atoms with van der Waals surface area (Å²) in [6.07, 6.45) is 1.43. The van der Waals surface area contributed by atoms with Crippen LogP contribution in [-0.2, 0) is 0 Å². The van der Waals surface area contributed by atoms with E-state index in [4.69, 9.17) is 17.3 Å². The van der Waals surface area contributed by atoms with E-state index in [1.54, 1.807) is 6.07 Å². The molecular formula is C13H18ClN3O. The minimum Gasteiger partial charge on any atom is -0.397 e. The van der Waals surface area contributed by atoms with Crippen LogP contribution in [0.1, 0.15) is 38.1 Å². The second-order valence-corrected chi connectivity index (χ2v) is 6.31. The Morgan fingerprint density at radius 2 is 1.94 bits per heavy atom. The van der Waals surface area contributed by atoms with Gasteiger partial charge in [-0.2, -0.15) is 0 Å². The highest BCUT2D eigenvalue weighted by molar-refractivity contribution is 6.32. The normalized spacial score (nSPS) is 20.5.